The van der Waals surface area contributed by atoms with E-state index in [-0.39, 0.29) is 0 Å². The van der Waals surface area contributed by atoms with Gasteiger partial charge in [-0.2, -0.15) is 0 Å². The molecule has 1 aliphatic rings. The molecule has 0 bridgehead atoms. The predicted molar refractivity (Wildman–Crippen MR) is 68.1 cm³/mol. The van der Waals surface area contributed by atoms with Gasteiger partial charge in [0.05, 0.1) is 12.5 Å². The molecule has 94 valence electrons. The fourth-order valence-corrected chi connectivity index (χ4v) is 2.57. The molecule has 1 heterocycles. The van der Waals surface area contributed by atoms with E-state index in [2.05, 4.69) is 4.98 Å². The van der Waals surface area contributed by atoms with Crippen LogP contribution in [0.5, 0.6) is 5.75 Å². The maximum atomic E-state index is 11.4. The first-order valence-electron chi connectivity index (χ1n) is 5.98. The molecule has 2 aromatic rings. The lowest BCUT2D eigenvalue weighted by molar-refractivity contribution is -0.140. The number of fused-ring (bicyclic) bond motifs is 1. The highest BCUT2D eigenvalue weighted by Gasteiger charge is 2.53. The Kier molecular flexibility index (Phi) is 2.17. The van der Waals surface area contributed by atoms with Crippen LogP contribution in [0.3, 0.4) is 0 Å². The summed E-state index contributed by atoms with van der Waals surface area (Å²) < 4.78 is 5.36. The highest BCUT2D eigenvalue weighted by atomic mass is 16.5. The van der Waals surface area contributed by atoms with Gasteiger partial charge in [0.25, 0.3) is 0 Å². The Bertz CT molecular complexity index is 638. The van der Waals surface area contributed by atoms with Crippen LogP contribution in [0.15, 0.2) is 18.2 Å². The number of aryl methyl sites for hydroxylation is 1. The van der Waals surface area contributed by atoms with E-state index in [1.165, 1.54) is 0 Å². The number of aromatic amines is 1. The quantitative estimate of drug-likeness (QED) is 0.873. The molecule has 0 spiro atoms. The van der Waals surface area contributed by atoms with Crippen LogP contribution in [0.25, 0.3) is 10.9 Å². The first-order valence-corrected chi connectivity index (χ1v) is 5.98. The lowest BCUT2D eigenvalue weighted by Crippen LogP contribution is -2.20. The van der Waals surface area contributed by atoms with Crippen molar-refractivity contribution in [1.29, 1.82) is 0 Å². The molecule has 0 atom stereocenters. The molecule has 3 rings (SSSR count). The molecular formula is C14H15NO3. The number of aromatic nitrogens is 1. The third-order valence-corrected chi connectivity index (χ3v) is 3.75. The number of nitrogens with one attached hydrogen (secondary N) is 1. The highest BCUT2D eigenvalue weighted by Crippen LogP contribution is 2.52. The Hall–Kier alpha value is -1.97. The zero-order valence-corrected chi connectivity index (χ0v) is 10.4. The molecule has 18 heavy (non-hydrogen) atoms. The van der Waals surface area contributed by atoms with Crippen molar-refractivity contribution in [3.8, 4) is 5.75 Å². The number of hydrogen-bond acceptors (Lipinski definition) is 2. The Morgan fingerprint density at radius 2 is 2.11 bits per heavy atom. The molecule has 1 aromatic heterocycles. The molecular weight excluding hydrogens is 230 g/mol. The van der Waals surface area contributed by atoms with Crippen molar-refractivity contribution >= 4 is 16.9 Å². The van der Waals surface area contributed by atoms with Crippen molar-refractivity contribution in [3.05, 3.63) is 29.5 Å². The third-order valence-electron chi connectivity index (χ3n) is 3.75. The Labute approximate surface area is 105 Å². The van der Waals surface area contributed by atoms with Crippen molar-refractivity contribution in [2.24, 2.45) is 0 Å². The fraction of sp³-hybridized carbons (Fsp3) is 0.357. The van der Waals surface area contributed by atoms with Gasteiger partial charge in [0, 0.05) is 22.2 Å². The van der Waals surface area contributed by atoms with Gasteiger partial charge in [-0.25, -0.2) is 0 Å². The fourth-order valence-electron chi connectivity index (χ4n) is 2.57. The van der Waals surface area contributed by atoms with E-state index in [4.69, 9.17) is 4.74 Å². The Morgan fingerprint density at radius 3 is 2.67 bits per heavy atom. The molecule has 1 fully saturated rings. The maximum absolute atomic E-state index is 11.4. The van der Waals surface area contributed by atoms with Gasteiger partial charge in [0.2, 0.25) is 0 Å². The Balaban J connectivity index is 2.24. The minimum Gasteiger partial charge on any atom is -0.496 e. The van der Waals surface area contributed by atoms with Crippen LogP contribution in [0.2, 0.25) is 0 Å². The van der Waals surface area contributed by atoms with Gasteiger partial charge >= 0.3 is 5.97 Å². The normalized spacial score (nSPS) is 16.8. The molecule has 1 saturated carbocycles. The molecule has 4 nitrogen and oxygen atoms in total. The Morgan fingerprint density at radius 1 is 1.39 bits per heavy atom. The van der Waals surface area contributed by atoms with Crippen molar-refractivity contribution in [2.45, 2.75) is 25.2 Å². The van der Waals surface area contributed by atoms with Crippen molar-refractivity contribution in [3.63, 3.8) is 0 Å². The summed E-state index contributed by atoms with van der Waals surface area (Å²) in [7, 11) is 1.59. The van der Waals surface area contributed by atoms with Crippen molar-refractivity contribution in [1.82, 2.24) is 4.98 Å². The van der Waals surface area contributed by atoms with Crippen LogP contribution in [-0.4, -0.2) is 23.2 Å². The van der Waals surface area contributed by atoms with Crippen molar-refractivity contribution < 1.29 is 14.6 Å². The van der Waals surface area contributed by atoms with E-state index in [1.807, 2.05) is 25.1 Å². The van der Waals surface area contributed by atoms with Gasteiger partial charge in [-0.15, -0.1) is 0 Å². The number of rotatable bonds is 3. The van der Waals surface area contributed by atoms with Gasteiger partial charge in [-0.3, -0.25) is 4.79 Å². The van der Waals surface area contributed by atoms with Crippen LogP contribution >= 0.6 is 0 Å². The summed E-state index contributed by atoms with van der Waals surface area (Å²) in [6, 6.07) is 5.86. The number of carboxylic acid groups (broad SMARTS) is 1. The smallest absolute Gasteiger partial charge is 0.314 e. The van der Waals surface area contributed by atoms with E-state index >= 15 is 0 Å². The highest BCUT2D eigenvalue weighted by molar-refractivity contribution is 5.90. The summed E-state index contributed by atoms with van der Waals surface area (Å²) in [5, 5.41) is 10.4. The minimum atomic E-state index is -0.761. The predicted octanol–water partition coefficient (Wildman–Crippen LogP) is 2.60. The molecule has 2 N–H and O–H groups in total. The number of carboxylic acids is 1. The summed E-state index contributed by atoms with van der Waals surface area (Å²) in [4.78, 5) is 14.7. The molecule has 0 aliphatic heterocycles. The number of benzene rings is 1. The molecule has 4 heteroatoms. The monoisotopic (exact) mass is 245 g/mol. The zero-order valence-electron chi connectivity index (χ0n) is 10.4. The van der Waals surface area contributed by atoms with Gasteiger partial charge in [-0.1, -0.05) is 0 Å². The van der Waals surface area contributed by atoms with E-state index in [9.17, 15) is 9.90 Å². The summed E-state index contributed by atoms with van der Waals surface area (Å²) >= 11 is 0. The number of hydrogen-bond donors (Lipinski definition) is 2. The largest absolute Gasteiger partial charge is 0.496 e. The summed E-state index contributed by atoms with van der Waals surface area (Å²) in [6.45, 7) is 1.98. The van der Waals surface area contributed by atoms with E-state index in [0.717, 1.165) is 22.2 Å². The van der Waals surface area contributed by atoms with Crippen LogP contribution < -0.4 is 4.74 Å². The third kappa shape index (κ3) is 1.41. The first kappa shape index (κ1) is 11.1. The number of aliphatic carboxylic acids is 1. The second kappa shape index (κ2) is 3.51. The molecule has 1 aromatic carbocycles. The summed E-state index contributed by atoms with van der Waals surface area (Å²) in [5.41, 5.74) is 2.07. The molecule has 0 radical (unpaired) electrons. The lowest BCUT2D eigenvalue weighted by atomic mass is 9.94. The van der Waals surface area contributed by atoms with E-state index in [0.29, 0.717) is 18.6 Å². The van der Waals surface area contributed by atoms with Crippen LogP contribution in [-0.2, 0) is 10.2 Å². The van der Waals surface area contributed by atoms with Crippen LogP contribution in [0, 0.1) is 6.92 Å². The number of carbonyl (C=O) groups is 1. The molecule has 0 unspecified atom stereocenters. The summed E-state index contributed by atoms with van der Waals surface area (Å²) in [5.74, 6) is -0.0928. The minimum absolute atomic E-state index is 0.668. The molecule has 0 saturated heterocycles. The van der Waals surface area contributed by atoms with Gasteiger partial charge in [0.1, 0.15) is 5.75 Å². The summed E-state index contributed by atoms with van der Waals surface area (Å²) in [6.07, 6.45) is 1.37. The number of ether oxygens (including phenoxy) is 1. The second-order valence-electron chi connectivity index (χ2n) is 4.98. The van der Waals surface area contributed by atoms with Crippen LogP contribution in [0.1, 0.15) is 24.1 Å². The number of methoxy groups -OCH3 is 1. The van der Waals surface area contributed by atoms with E-state index in [1.54, 1.807) is 7.11 Å². The average molecular weight is 245 g/mol. The molecule has 0 amide bonds. The average Bonchev–Trinajstić information content (AvgIpc) is 3.05. The topological polar surface area (TPSA) is 62.3 Å². The van der Waals surface area contributed by atoms with E-state index < -0.39 is 11.4 Å². The van der Waals surface area contributed by atoms with Gasteiger partial charge in [0.15, 0.2) is 0 Å². The number of H-pyrrole nitrogens is 1. The second-order valence-corrected chi connectivity index (χ2v) is 4.98. The van der Waals surface area contributed by atoms with Crippen LogP contribution in [0.4, 0.5) is 0 Å². The molecule has 1 aliphatic carbocycles. The SMILES string of the molecule is COc1cc2cc(C)[nH]c2cc1C1(C(=O)O)CC1. The zero-order chi connectivity index (χ0) is 12.9. The maximum Gasteiger partial charge on any atom is 0.314 e. The van der Waals surface area contributed by atoms with Crippen molar-refractivity contribution in [2.75, 3.05) is 7.11 Å². The van der Waals surface area contributed by atoms with Gasteiger partial charge < -0.3 is 14.8 Å². The first-order chi connectivity index (χ1) is 8.56. The van der Waals surface area contributed by atoms with Gasteiger partial charge in [-0.05, 0) is 38.0 Å². The lowest BCUT2D eigenvalue weighted by Gasteiger charge is -2.15. The standard InChI is InChI=1S/C14H15NO3/c1-8-5-9-6-12(18-2)10(7-11(9)15-8)14(3-4-14)13(16)17/h5-7,15H,3-4H2,1-2H3,(H,16,17).